The monoisotopic (exact) mass is 406 g/mol. The van der Waals surface area contributed by atoms with E-state index in [1.165, 1.54) is 4.31 Å². The van der Waals surface area contributed by atoms with E-state index < -0.39 is 21.7 Å². The second-order valence-electron chi connectivity index (χ2n) is 6.47. The smallest absolute Gasteiger partial charge is 0.249 e. The lowest BCUT2D eigenvalue weighted by atomic mass is 10.00. The van der Waals surface area contributed by atoms with Gasteiger partial charge in [0.2, 0.25) is 21.8 Å². The number of nitrogens with zero attached hydrogens (tertiary/aromatic N) is 4. The maximum atomic E-state index is 13.5. The van der Waals surface area contributed by atoms with Gasteiger partial charge >= 0.3 is 0 Å². The third-order valence-corrected chi connectivity index (χ3v) is 6.47. The topological polar surface area (TPSA) is 89.2 Å². The van der Waals surface area contributed by atoms with E-state index in [2.05, 4.69) is 15.2 Å². The highest BCUT2D eigenvalue weighted by molar-refractivity contribution is 7.89. The van der Waals surface area contributed by atoms with Gasteiger partial charge in [-0.15, -0.1) is 10.2 Å². The van der Waals surface area contributed by atoms with Gasteiger partial charge in [0, 0.05) is 25.5 Å². The highest BCUT2D eigenvalue weighted by Crippen LogP contribution is 2.31. The van der Waals surface area contributed by atoms with Crippen LogP contribution in [0.3, 0.4) is 0 Å². The van der Waals surface area contributed by atoms with Crippen molar-refractivity contribution >= 4 is 10.0 Å². The van der Waals surface area contributed by atoms with E-state index in [1.54, 1.807) is 24.5 Å². The van der Waals surface area contributed by atoms with E-state index in [9.17, 15) is 17.2 Å². The van der Waals surface area contributed by atoms with Crippen LogP contribution in [0.4, 0.5) is 8.78 Å². The SMILES string of the molecule is O=S(=O)(c1ccc(F)c(F)c1)N1CCCC(c2nnc(-c3cccnc3)o2)C1. The molecule has 1 saturated heterocycles. The molecular weight excluding hydrogens is 390 g/mol. The Morgan fingerprint density at radius 3 is 2.75 bits per heavy atom. The molecule has 0 bridgehead atoms. The van der Waals surface area contributed by atoms with Crippen molar-refractivity contribution in [2.75, 3.05) is 13.1 Å². The minimum atomic E-state index is -3.96. The first kappa shape index (κ1) is 18.6. The van der Waals surface area contributed by atoms with E-state index in [0.717, 1.165) is 12.1 Å². The molecule has 0 radical (unpaired) electrons. The molecule has 0 aliphatic carbocycles. The first-order chi connectivity index (χ1) is 13.4. The molecule has 1 fully saturated rings. The van der Waals surface area contributed by atoms with Crippen molar-refractivity contribution in [2.45, 2.75) is 23.7 Å². The molecule has 0 spiro atoms. The number of halogens is 2. The molecule has 1 aliphatic rings. The normalized spacial score (nSPS) is 18.3. The van der Waals surface area contributed by atoms with Crippen molar-refractivity contribution in [1.29, 1.82) is 0 Å². The Kier molecular flexibility index (Phi) is 4.90. The number of hydrogen-bond donors (Lipinski definition) is 0. The third kappa shape index (κ3) is 3.52. The standard InChI is InChI=1S/C18H16F2N4O3S/c19-15-6-5-14(9-16(15)20)28(25,26)24-8-2-4-13(11-24)18-23-22-17(27-18)12-3-1-7-21-10-12/h1,3,5-7,9-10,13H,2,4,8,11H2. The molecule has 1 aliphatic heterocycles. The maximum absolute atomic E-state index is 13.5. The third-order valence-electron chi connectivity index (χ3n) is 4.61. The van der Waals surface area contributed by atoms with Gasteiger partial charge in [-0.05, 0) is 43.2 Å². The van der Waals surface area contributed by atoms with Crippen molar-refractivity contribution in [1.82, 2.24) is 19.5 Å². The first-order valence-electron chi connectivity index (χ1n) is 8.64. The Morgan fingerprint density at radius 1 is 1.14 bits per heavy atom. The van der Waals surface area contributed by atoms with Gasteiger partial charge < -0.3 is 4.42 Å². The summed E-state index contributed by atoms with van der Waals surface area (Å²) in [5.41, 5.74) is 0.670. The van der Waals surface area contributed by atoms with Crippen molar-refractivity contribution < 1.29 is 21.6 Å². The number of sulfonamides is 1. The van der Waals surface area contributed by atoms with E-state index in [1.807, 2.05) is 0 Å². The zero-order chi connectivity index (χ0) is 19.7. The van der Waals surface area contributed by atoms with Gasteiger partial charge in [0.25, 0.3) is 0 Å². The second kappa shape index (κ2) is 7.36. The molecule has 10 heteroatoms. The Morgan fingerprint density at radius 2 is 2.00 bits per heavy atom. The predicted molar refractivity (Wildman–Crippen MR) is 94.6 cm³/mol. The molecule has 28 heavy (non-hydrogen) atoms. The van der Waals surface area contributed by atoms with Gasteiger partial charge in [-0.3, -0.25) is 4.98 Å². The van der Waals surface area contributed by atoms with Crippen LogP contribution in [0.1, 0.15) is 24.7 Å². The number of pyridine rings is 1. The van der Waals surface area contributed by atoms with Gasteiger partial charge in [0.1, 0.15) is 0 Å². The lowest BCUT2D eigenvalue weighted by Crippen LogP contribution is -2.39. The number of piperidine rings is 1. The average molecular weight is 406 g/mol. The van der Waals surface area contributed by atoms with Crippen LogP contribution in [0.25, 0.3) is 11.5 Å². The average Bonchev–Trinajstić information content (AvgIpc) is 3.21. The molecule has 0 N–H and O–H groups in total. The Balaban J connectivity index is 1.56. The summed E-state index contributed by atoms with van der Waals surface area (Å²) < 4.78 is 59.2. The summed E-state index contributed by atoms with van der Waals surface area (Å²) in [6.07, 6.45) is 4.48. The fourth-order valence-electron chi connectivity index (χ4n) is 3.15. The maximum Gasteiger partial charge on any atom is 0.249 e. The van der Waals surface area contributed by atoms with E-state index in [-0.39, 0.29) is 23.9 Å². The summed E-state index contributed by atoms with van der Waals surface area (Å²) in [5.74, 6) is -1.93. The van der Waals surface area contributed by atoms with Crippen LogP contribution in [0.5, 0.6) is 0 Å². The molecule has 1 unspecified atom stereocenters. The van der Waals surface area contributed by atoms with Gasteiger partial charge in [-0.2, -0.15) is 4.31 Å². The minimum Gasteiger partial charge on any atom is -0.420 e. The van der Waals surface area contributed by atoms with Crippen LogP contribution in [0.2, 0.25) is 0 Å². The minimum absolute atomic E-state index is 0.121. The van der Waals surface area contributed by atoms with E-state index in [4.69, 9.17) is 4.42 Å². The van der Waals surface area contributed by atoms with Crippen LogP contribution < -0.4 is 0 Å². The van der Waals surface area contributed by atoms with Crippen molar-refractivity contribution in [3.63, 3.8) is 0 Å². The highest BCUT2D eigenvalue weighted by atomic mass is 32.2. The van der Waals surface area contributed by atoms with Crippen molar-refractivity contribution in [3.05, 3.63) is 60.3 Å². The lowest BCUT2D eigenvalue weighted by molar-refractivity contribution is 0.286. The molecule has 0 amide bonds. The van der Waals surface area contributed by atoms with Crippen LogP contribution in [-0.4, -0.2) is 41.0 Å². The molecule has 7 nitrogen and oxygen atoms in total. The van der Waals surface area contributed by atoms with E-state index in [0.29, 0.717) is 36.3 Å². The number of benzene rings is 1. The molecule has 2 aromatic heterocycles. The fourth-order valence-corrected chi connectivity index (χ4v) is 4.69. The molecule has 3 heterocycles. The van der Waals surface area contributed by atoms with Crippen LogP contribution in [0, 0.1) is 11.6 Å². The van der Waals surface area contributed by atoms with Crippen molar-refractivity contribution in [3.8, 4) is 11.5 Å². The summed E-state index contributed by atoms with van der Waals surface area (Å²) in [6.45, 7) is 0.400. The summed E-state index contributed by atoms with van der Waals surface area (Å²) in [6, 6.07) is 6.09. The summed E-state index contributed by atoms with van der Waals surface area (Å²) >= 11 is 0. The predicted octanol–water partition coefficient (Wildman–Crippen LogP) is 2.98. The van der Waals surface area contributed by atoms with Crippen LogP contribution in [0.15, 0.2) is 52.0 Å². The molecule has 3 aromatic rings. The Labute approximate surface area is 160 Å². The molecule has 146 valence electrons. The lowest BCUT2D eigenvalue weighted by Gasteiger charge is -2.30. The number of rotatable bonds is 4. The van der Waals surface area contributed by atoms with Gasteiger partial charge in [-0.25, -0.2) is 17.2 Å². The fraction of sp³-hybridized carbons (Fsp3) is 0.278. The zero-order valence-electron chi connectivity index (χ0n) is 14.6. The molecule has 1 aromatic carbocycles. The molecule has 4 rings (SSSR count). The zero-order valence-corrected chi connectivity index (χ0v) is 15.4. The second-order valence-corrected chi connectivity index (χ2v) is 8.40. The van der Waals surface area contributed by atoms with Gasteiger partial charge in [0.15, 0.2) is 11.6 Å². The molecule has 1 atom stereocenters. The Hall–Kier alpha value is -2.72. The van der Waals surface area contributed by atoms with Crippen molar-refractivity contribution in [2.24, 2.45) is 0 Å². The highest BCUT2D eigenvalue weighted by Gasteiger charge is 2.33. The summed E-state index contributed by atoms with van der Waals surface area (Å²) in [4.78, 5) is 3.72. The number of aromatic nitrogens is 3. The quantitative estimate of drug-likeness (QED) is 0.662. The largest absolute Gasteiger partial charge is 0.420 e. The van der Waals surface area contributed by atoms with Gasteiger partial charge in [-0.1, -0.05) is 0 Å². The first-order valence-corrected chi connectivity index (χ1v) is 10.1. The number of hydrogen-bond acceptors (Lipinski definition) is 6. The van der Waals surface area contributed by atoms with Gasteiger partial charge in [0.05, 0.1) is 16.4 Å². The Bertz CT molecular complexity index is 1090. The summed E-state index contributed by atoms with van der Waals surface area (Å²) in [5, 5.41) is 8.07. The molecule has 0 saturated carbocycles. The van der Waals surface area contributed by atoms with Crippen LogP contribution in [-0.2, 0) is 10.0 Å². The molecular formula is C18H16F2N4O3S. The summed E-state index contributed by atoms with van der Waals surface area (Å²) in [7, 11) is -3.96. The van der Waals surface area contributed by atoms with Crippen LogP contribution >= 0.6 is 0 Å². The van der Waals surface area contributed by atoms with E-state index >= 15 is 0 Å².